The predicted octanol–water partition coefficient (Wildman–Crippen LogP) is 0.0762. The van der Waals surface area contributed by atoms with Gasteiger partial charge in [0.1, 0.15) is 12.7 Å². The highest BCUT2D eigenvalue weighted by molar-refractivity contribution is 6.06. The second-order valence-corrected chi connectivity index (χ2v) is 4.69. The summed E-state index contributed by atoms with van der Waals surface area (Å²) in [5.74, 6) is 9.83. The molecule has 10 nitrogen and oxygen atoms in total. The zero-order valence-corrected chi connectivity index (χ0v) is 13.7. The number of nitrogens with zero attached hydrogens (tertiary/aromatic N) is 4. The molecule has 1 rings (SSSR count). The quantitative estimate of drug-likeness (QED) is 0.207. The van der Waals surface area contributed by atoms with E-state index < -0.39 is 0 Å². The molecule has 0 aliphatic heterocycles. The lowest BCUT2D eigenvalue weighted by Crippen LogP contribution is -2.12. The Kier molecular flexibility index (Phi) is 7.42. The normalized spacial score (nSPS) is 12.6. The molecule has 0 bridgehead atoms. The zero-order valence-electron chi connectivity index (χ0n) is 13.7. The molecular formula is C14H21N9O. The van der Waals surface area contributed by atoms with Crippen molar-refractivity contribution in [1.29, 1.82) is 0 Å². The minimum atomic E-state index is -0.177. The number of amides is 1. The van der Waals surface area contributed by atoms with Crippen LogP contribution >= 0.6 is 0 Å². The van der Waals surface area contributed by atoms with Crippen molar-refractivity contribution in [3.63, 3.8) is 0 Å². The molecule has 128 valence electrons. The molecule has 0 heterocycles. The molecule has 0 aromatic heterocycles. The highest BCUT2D eigenvalue weighted by Crippen LogP contribution is 2.17. The second kappa shape index (κ2) is 9.56. The molecule has 1 aromatic carbocycles. The van der Waals surface area contributed by atoms with Gasteiger partial charge in [0.15, 0.2) is 0 Å². The molecule has 0 unspecified atom stereocenters. The third-order valence-corrected chi connectivity index (χ3v) is 2.82. The van der Waals surface area contributed by atoms with Gasteiger partial charge in [0.25, 0.3) is 0 Å². The van der Waals surface area contributed by atoms with E-state index in [4.69, 9.17) is 11.7 Å². The summed E-state index contributed by atoms with van der Waals surface area (Å²) in [6.07, 6.45) is 2.51. The lowest BCUT2D eigenvalue weighted by atomic mass is 10.0. The fourth-order valence-electron chi connectivity index (χ4n) is 1.77. The highest BCUT2D eigenvalue weighted by atomic mass is 16.1. The summed E-state index contributed by atoms with van der Waals surface area (Å²) in [6.45, 7) is 5.05. The second-order valence-electron chi connectivity index (χ2n) is 4.69. The molecule has 0 saturated carbocycles. The van der Waals surface area contributed by atoms with Gasteiger partial charge in [0, 0.05) is 23.7 Å². The Balaban J connectivity index is 3.23. The zero-order chi connectivity index (χ0) is 17.9. The lowest BCUT2D eigenvalue weighted by Gasteiger charge is -2.10. The van der Waals surface area contributed by atoms with Crippen molar-refractivity contribution in [3.8, 4) is 0 Å². The van der Waals surface area contributed by atoms with E-state index in [0.29, 0.717) is 17.1 Å². The van der Waals surface area contributed by atoms with Gasteiger partial charge in [0.2, 0.25) is 5.91 Å². The van der Waals surface area contributed by atoms with Crippen LogP contribution in [0.1, 0.15) is 31.9 Å². The molecule has 24 heavy (non-hydrogen) atoms. The van der Waals surface area contributed by atoms with E-state index in [2.05, 4.69) is 36.6 Å². The average Bonchev–Trinajstić information content (AvgIpc) is 2.54. The van der Waals surface area contributed by atoms with E-state index in [-0.39, 0.29) is 5.91 Å². The Labute approximate surface area is 139 Å². The molecule has 0 atom stereocenters. The van der Waals surface area contributed by atoms with Crippen molar-refractivity contribution in [2.45, 2.75) is 20.8 Å². The van der Waals surface area contributed by atoms with Crippen LogP contribution in [0.2, 0.25) is 0 Å². The number of hydrogen-bond acceptors (Lipinski definition) is 7. The maximum absolute atomic E-state index is 11.3. The third-order valence-electron chi connectivity index (χ3n) is 2.82. The molecule has 0 saturated heterocycles. The number of nitrogens with one attached hydrogen (secondary N) is 3. The van der Waals surface area contributed by atoms with Crippen LogP contribution in [-0.2, 0) is 4.79 Å². The number of carbonyl (C=O) groups is 1. The van der Waals surface area contributed by atoms with Gasteiger partial charge >= 0.3 is 0 Å². The van der Waals surface area contributed by atoms with Crippen LogP contribution in [0.3, 0.4) is 0 Å². The van der Waals surface area contributed by atoms with Crippen molar-refractivity contribution >= 4 is 35.7 Å². The maximum Gasteiger partial charge on any atom is 0.221 e. The van der Waals surface area contributed by atoms with Crippen molar-refractivity contribution in [2.75, 3.05) is 5.32 Å². The predicted molar refractivity (Wildman–Crippen MR) is 96.8 cm³/mol. The first-order valence-electron chi connectivity index (χ1n) is 6.94. The molecule has 0 fully saturated rings. The first kappa shape index (κ1) is 18.6. The number of benzene rings is 1. The highest BCUT2D eigenvalue weighted by Gasteiger charge is 2.07. The van der Waals surface area contributed by atoms with E-state index in [1.807, 2.05) is 6.07 Å². The molecule has 0 radical (unpaired) electrons. The van der Waals surface area contributed by atoms with Gasteiger partial charge in [-0.1, -0.05) is 0 Å². The SMILES string of the molecule is CC(=O)Nc1cc(C(C)=NNC=NN)cc(C(C)=NNC=NN)c1. The van der Waals surface area contributed by atoms with Gasteiger partial charge in [-0.3, -0.25) is 15.6 Å². The van der Waals surface area contributed by atoms with Crippen LogP contribution in [-0.4, -0.2) is 30.0 Å². The monoisotopic (exact) mass is 331 g/mol. The van der Waals surface area contributed by atoms with Crippen molar-refractivity contribution in [1.82, 2.24) is 10.9 Å². The van der Waals surface area contributed by atoms with E-state index in [1.54, 1.807) is 26.0 Å². The van der Waals surface area contributed by atoms with Crippen LogP contribution in [0, 0.1) is 0 Å². The fourth-order valence-corrected chi connectivity index (χ4v) is 1.77. The summed E-state index contributed by atoms with van der Waals surface area (Å²) in [6, 6.07) is 5.48. The maximum atomic E-state index is 11.3. The number of nitrogens with two attached hydrogens (primary N) is 2. The Hall–Kier alpha value is -3.43. The Morgan fingerprint density at radius 1 is 0.917 bits per heavy atom. The summed E-state index contributed by atoms with van der Waals surface area (Å²) in [4.78, 5) is 11.3. The Morgan fingerprint density at radius 3 is 1.75 bits per heavy atom. The Morgan fingerprint density at radius 2 is 1.38 bits per heavy atom. The van der Waals surface area contributed by atoms with E-state index in [9.17, 15) is 4.79 Å². The summed E-state index contributed by atoms with van der Waals surface area (Å²) in [7, 11) is 0. The third kappa shape index (κ3) is 6.13. The smallest absolute Gasteiger partial charge is 0.221 e. The van der Waals surface area contributed by atoms with Gasteiger partial charge in [-0.25, -0.2) is 0 Å². The molecule has 10 heteroatoms. The lowest BCUT2D eigenvalue weighted by molar-refractivity contribution is -0.114. The van der Waals surface area contributed by atoms with E-state index in [1.165, 1.54) is 19.6 Å². The number of rotatable bonds is 7. The van der Waals surface area contributed by atoms with Crippen LogP contribution in [0.15, 0.2) is 38.6 Å². The largest absolute Gasteiger partial charge is 0.326 e. The number of anilines is 1. The van der Waals surface area contributed by atoms with Gasteiger partial charge in [0.05, 0.1) is 11.4 Å². The molecule has 0 spiro atoms. The number of hydrazone groups is 4. The van der Waals surface area contributed by atoms with E-state index in [0.717, 1.165) is 11.1 Å². The molecule has 1 amide bonds. The summed E-state index contributed by atoms with van der Waals surface area (Å²) >= 11 is 0. The van der Waals surface area contributed by atoms with Crippen molar-refractivity contribution in [3.05, 3.63) is 29.3 Å². The average molecular weight is 331 g/mol. The summed E-state index contributed by atoms with van der Waals surface area (Å²) in [5, 5.41) is 17.6. The first-order valence-corrected chi connectivity index (χ1v) is 6.94. The van der Waals surface area contributed by atoms with Gasteiger partial charge in [-0.2, -0.15) is 20.4 Å². The summed E-state index contributed by atoms with van der Waals surface area (Å²) in [5.41, 5.74) is 8.74. The molecule has 0 aliphatic carbocycles. The Bertz CT molecular complexity index is 643. The minimum absolute atomic E-state index is 0.177. The van der Waals surface area contributed by atoms with Gasteiger partial charge in [-0.05, 0) is 32.0 Å². The van der Waals surface area contributed by atoms with Crippen LogP contribution in [0.4, 0.5) is 5.69 Å². The first-order chi connectivity index (χ1) is 11.5. The van der Waals surface area contributed by atoms with Gasteiger partial charge in [-0.15, -0.1) is 0 Å². The van der Waals surface area contributed by atoms with E-state index >= 15 is 0 Å². The van der Waals surface area contributed by atoms with Crippen LogP contribution in [0.25, 0.3) is 0 Å². The van der Waals surface area contributed by atoms with Gasteiger partial charge < -0.3 is 17.0 Å². The number of carbonyl (C=O) groups excluding carboxylic acids is 1. The van der Waals surface area contributed by atoms with Crippen LogP contribution in [0.5, 0.6) is 0 Å². The molecule has 7 N–H and O–H groups in total. The summed E-state index contributed by atoms with van der Waals surface area (Å²) < 4.78 is 0. The standard InChI is InChI=1S/C14H21N9O/c1-9(22-19-7-17-15)12-4-13(10(2)23-20-8-18-16)6-14(5-12)21-11(3)24/h4-8H,15-16H2,1-3H3,(H,17,19)(H,18,20)(H,21,24). The minimum Gasteiger partial charge on any atom is -0.326 e. The fraction of sp³-hybridized carbons (Fsp3) is 0.214. The van der Waals surface area contributed by atoms with Crippen molar-refractivity contribution in [2.24, 2.45) is 32.1 Å². The molecule has 0 aliphatic rings. The number of hydrogen-bond donors (Lipinski definition) is 5. The van der Waals surface area contributed by atoms with Crippen molar-refractivity contribution < 1.29 is 4.79 Å². The topological polar surface area (TPSA) is 155 Å². The molecule has 1 aromatic rings. The molecular weight excluding hydrogens is 310 g/mol. The van der Waals surface area contributed by atoms with Crippen LogP contribution < -0.4 is 27.9 Å².